The highest BCUT2D eigenvalue weighted by Gasteiger charge is 2.42. The van der Waals surface area contributed by atoms with E-state index in [0.717, 1.165) is 22.4 Å². The molecule has 7 nitrogen and oxygen atoms in total. The minimum absolute atomic E-state index is 0.319. The number of amides is 3. The summed E-state index contributed by atoms with van der Waals surface area (Å²) in [5.74, 6) is -0.0152. The van der Waals surface area contributed by atoms with E-state index < -0.39 is 29.3 Å². The number of hydrogen-bond donors (Lipinski definition) is 2. The number of alkyl carbamates (subject to hydrolysis) is 1. The Balaban J connectivity index is 2.60. The molecule has 2 unspecified atom stereocenters. The third-order valence-corrected chi connectivity index (χ3v) is 6.83. The molecule has 0 aromatic heterocycles. The predicted molar refractivity (Wildman–Crippen MR) is 161 cm³/mol. The lowest BCUT2D eigenvalue weighted by molar-refractivity contribution is -0.146. The van der Waals surface area contributed by atoms with Crippen molar-refractivity contribution in [2.45, 2.75) is 92.0 Å². The number of rotatable bonds is 9. The smallest absolute Gasteiger partial charge is 0.408 e. The summed E-state index contributed by atoms with van der Waals surface area (Å²) < 4.78 is 5.47. The second-order valence-corrected chi connectivity index (χ2v) is 12.9. The van der Waals surface area contributed by atoms with E-state index in [4.69, 9.17) is 4.74 Å². The average molecular weight is 556 g/mol. The molecule has 2 N–H and O–H groups in total. The second kappa shape index (κ2) is 13.4. The fourth-order valence-electron chi connectivity index (χ4n) is 4.33. The molecule has 2 atom stereocenters. The zero-order valence-electron chi connectivity index (χ0n) is 25.1. The molecule has 0 aliphatic heterocycles. The molecule has 2 aromatic rings. The molecular weight excluding hydrogens is 510 g/mol. The van der Waals surface area contributed by atoms with Crippen LogP contribution in [0.3, 0.4) is 0 Å². The first-order valence-corrected chi connectivity index (χ1v) is 14.7. The molecule has 3 amide bonds. The number of benzene rings is 2. The Morgan fingerprint density at radius 2 is 1.49 bits per heavy atom. The number of carbonyl (C=O) groups is 3. The second-order valence-electron chi connectivity index (χ2n) is 11.9. The standard InChI is InChI=1S/C31H45N3O4S/c1-20-14-16-23(17-15-20)26(27(35)33-25-21(2)12-11-13-22(25)3)34(30(4,5)6)28(36)24(18-19-39-10)32-29(37)38-31(7,8)9/h11-17,24,26H,18-19H2,1-10H3,(H,32,37)(H,33,35). The number of carbonyl (C=O) groups excluding carboxylic acids is 3. The van der Waals surface area contributed by atoms with Gasteiger partial charge in [0.05, 0.1) is 0 Å². The van der Waals surface area contributed by atoms with Crippen LogP contribution >= 0.6 is 11.8 Å². The summed E-state index contributed by atoms with van der Waals surface area (Å²) in [7, 11) is 0. The van der Waals surface area contributed by atoms with Gasteiger partial charge in [-0.25, -0.2) is 4.79 Å². The minimum Gasteiger partial charge on any atom is -0.444 e. The van der Waals surface area contributed by atoms with Crippen LogP contribution in [0.25, 0.3) is 0 Å². The zero-order chi connectivity index (χ0) is 29.5. The van der Waals surface area contributed by atoms with Gasteiger partial charge in [-0.15, -0.1) is 0 Å². The summed E-state index contributed by atoms with van der Waals surface area (Å²) in [6, 6.07) is 11.7. The Morgan fingerprint density at radius 1 is 0.923 bits per heavy atom. The van der Waals surface area contributed by atoms with Gasteiger partial charge in [-0.1, -0.05) is 48.0 Å². The first-order chi connectivity index (χ1) is 18.0. The van der Waals surface area contributed by atoms with E-state index >= 15 is 0 Å². The van der Waals surface area contributed by atoms with E-state index in [1.165, 1.54) is 0 Å². The summed E-state index contributed by atoms with van der Waals surface area (Å²) in [5.41, 5.74) is 2.87. The van der Waals surface area contributed by atoms with Crippen molar-refractivity contribution in [3.63, 3.8) is 0 Å². The number of thioether (sulfide) groups is 1. The first kappa shape index (κ1) is 32.2. The fraction of sp³-hybridized carbons (Fsp3) is 0.516. The van der Waals surface area contributed by atoms with Crippen LogP contribution in [0.2, 0.25) is 0 Å². The Labute approximate surface area is 238 Å². The monoisotopic (exact) mass is 555 g/mol. The van der Waals surface area contributed by atoms with Gasteiger partial charge in [-0.05, 0) is 97.4 Å². The van der Waals surface area contributed by atoms with Crippen LogP contribution in [0.1, 0.15) is 76.3 Å². The molecule has 0 spiro atoms. The molecule has 39 heavy (non-hydrogen) atoms. The molecule has 0 aliphatic carbocycles. The van der Waals surface area contributed by atoms with E-state index in [2.05, 4.69) is 10.6 Å². The van der Waals surface area contributed by atoms with Gasteiger partial charge in [-0.3, -0.25) is 9.59 Å². The first-order valence-electron chi connectivity index (χ1n) is 13.3. The number of nitrogens with zero attached hydrogens (tertiary/aromatic N) is 1. The highest BCUT2D eigenvalue weighted by atomic mass is 32.2. The number of para-hydroxylation sites is 1. The highest BCUT2D eigenvalue weighted by molar-refractivity contribution is 7.98. The normalized spacial score (nSPS) is 13.3. The third kappa shape index (κ3) is 9.31. The van der Waals surface area contributed by atoms with Gasteiger partial charge in [0.15, 0.2) is 0 Å². The topological polar surface area (TPSA) is 87.7 Å². The Morgan fingerprint density at radius 3 is 1.97 bits per heavy atom. The third-order valence-electron chi connectivity index (χ3n) is 6.19. The molecule has 2 aromatic carbocycles. The van der Waals surface area contributed by atoms with Gasteiger partial charge >= 0.3 is 6.09 Å². The maximum Gasteiger partial charge on any atom is 0.408 e. The van der Waals surface area contributed by atoms with Crippen molar-refractivity contribution in [2.75, 3.05) is 17.3 Å². The summed E-state index contributed by atoms with van der Waals surface area (Å²) >= 11 is 1.58. The average Bonchev–Trinajstić information content (AvgIpc) is 2.80. The molecular formula is C31H45N3O4S. The highest BCUT2D eigenvalue weighted by Crippen LogP contribution is 2.32. The Bertz CT molecular complexity index is 1130. The maximum absolute atomic E-state index is 14.3. The van der Waals surface area contributed by atoms with Gasteiger partial charge in [0.2, 0.25) is 5.91 Å². The molecule has 0 saturated heterocycles. The van der Waals surface area contributed by atoms with Crippen LogP contribution in [0.15, 0.2) is 42.5 Å². The summed E-state index contributed by atoms with van der Waals surface area (Å²) in [6.45, 7) is 16.9. The SMILES string of the molecule is CSCCC(NC(=O)OC(C)(C)C)C(=O)N(C(C(=O)Nc1c(C)cccc1C)c1ccc(C)cc1)C(C)(C)C. The van der Waals surface area contributed by atoms with E-state index in [-0.39, 0.29) is 11.8 Å². The lowest BCUT2D eigenvalue weighted by atomic mass is 9.94. The van der Waals surface area contributed by atoms with E-state index in [9.17, 15) is 14.4 Å². The van der Waals surface area contributed by atoms with Crippen LogP contribution in [0.4, 0.5) is 10.5 Å². The molecule has 2 rings (SSSR count). The maximum atomic E-state index is 14.3. The number of hydrogen-bond acceptors (Lipinski definition) is 5. The quantitative estimate of drug-likeness (QED) is 0.366. The van der Waals surface area contributed by atoms with Crippen LogP contribution in [-0.4, -0.2) is 52.0 Å². The minimum atomic E-state index is -0.936. The van der Waals surface area contributed by atoms with Crippen LogP contribution in [-0.2, 0) is 14.3 Å². The van der Waals surface area contributed by atoms with Crippen molar-refractivity contribution in [1.82, 2.24) is 10.2 Å². The lowest BCUT2D eigenvalue weighted by Crippen LogP contribution is -2.58. The summed E-state index contributed by atoms with van der Waals surface area (Å²) in [4.78, 5) is 42.8. The predicted octanol–water partition coefficient (Wildman–Crippen LogP) is 6.57. The van der Waals surface area contributed by atoms with Crippen LogP contribution in [0.5, 0.6) is 0 Å². The number of ether oxygens (including phenoxy) is 1. The lowest BCUT2D eigenvalue weighted by Gasteiger charge is -2.43. The van der Waals surface area contributed by atoms with E-state index in [1.54, 1.807) is 37.4 Å². The van der Waals surface area contributed by atoms with Crippen LogP contribution < -0.4 is 10.6 Å². The van der Waals surface area contributed by atoms with Crippen molar-refractivity contribution in [2.24, 2.45) is 0 Å². The van der Waals surface area contributed by atoms with Gasteiger partial charge in [0.1, 0.15) is 17.7 Å². The van der Waals surface area contributed by atoms with Gasteiger partial charge in [0, 0.05) is 11.2 Å². The van der Waals surface area contributed by atoms with Crippen molar-refractivity contribution >= 4 is 35.4 Å². The van der Waals surface area contributed by atoms with Crippen molar-refractivity contribution in [1.29, 1.82) is 0 Å². The van der Waals surface area contributed by atoms with Crippen LogP contribution in [0, 0.1) is 20.8 Å². The largest absolute Gasteiger partial charge is 0.444 e. The van der Waals surface area contributed by atoms with Gasteiger partial charge in [0.25, 0.3) is 5.91 Å². The molecule has 8 heteroatoms. The Kier molecular flexibility index (Phi) is 11.0. The number of anilines is 1. The number of nitrogens with one attached hydrogen (secondary N) is 2. The molecule has 0 saturated carbocycles. The molecule has 0 bridgehead atoms. The molecule has 214 valence electrons. The molecule has 0 radical (unpaired) electrons. The summed E-state index contributed by atoms with van der Waals surface area (Å²) in [6.07, 6.45) is 1.68. The number of aryl methyl sites for hydroxylation is 3. The zero-order valence-corrected chi connectivity index (χ0v) is 25.9. The van der Waals surface area contributed by atoms with Gasteiger partial charge < -0.3 is 20.3 Å². The van der Waals surface area contributed by atoms with E-state index in [0.29, 0.717) is 17.7 Å². The van der Waals surface area contributed by atoms with Crippen molar-refractivity contribution < 1.29 is 19.1 Å². The van der Waals surface area contributed by atoms with E-state index in [1.807, 2.05) is 90.3 Å². The fourth-order valence-corrected chi connectivity index (χ4v) is 4.80. The summed E-state index contributed by atoms with van der Waals surface area (Å²) in [5, 5.41) is 5.89. The molecule has 0 heterocycles. The molecule has 0 fully saturated rings. The Hall–Kier alpha value is -3.00. The molecule has 0 aliphatic rings. The van der Waals surface area contributed by atoms with Crippen molar-refractivity contribution in [3.05, 3.63) is 64.7 Å². The van der Waals surface area contributed by atoms with Gasteiger partial charge in [-0.2, -0.15) is 11.8 Å². The van der Waals surface area contributed by atoms with Crippen molar-refractivity contribution in [3.8, 4) is 0 Å².